The highest BCUT2D eigenvalue weighted by molar-refractivity contribution is 5.94. The number of hydrogen-bond donors (Lipinski definition) is 3. The number of nitrogens with one attached hydrogen (secondary N) is 3. The Morgan fingerprint density at radius 2 is 1.90 bits per heavy atom. The number of fused-ring (bicyclic) bond motifs is 1. The van der Waals surface area contributed by atoms with E-state index in [0.29, 0.717) is 0 Å². The smallest absolute Gasteiger partial charge is 0.221 e. The highest BCUT2D eigenvalue weighted by Crippen LogP contribution is 2.37. The quantitative estimate of drug-likeness (QED) is 0.424. The van der Waals surface area contributed by atoms with Gasteiger partial charge in [-0.15, -0.1) is 0 Å². The lowest BCUT2D eigenvalue weighted by Crippen LogP contribution is -2.15. The summed E-state index contributed by atoms with van der Waals surface area (Å²) in [4.78, 5) is 19.6. The lowest BCUT2D eigenvalue weighted by Gasteiger charge is -2.22. The Bertz CT molecular complexity index is 1180. The van der Waals surface area contributed by atoms with Crippen molar-refractivity contribution >= 4 is 28.2 Å². The van der Waals surface area contributed by atoms with Crippen LogP contribution in [0, 0.1) is 6.92 Å². The number of aromatic amines is 1. The fourth-order valence-corrected chi connectivity index (χ4v) is 3.76. The third-order valence-corrected chi connectivity index (χ3v) is 5.04. The Kier molecular flexibility index (Phi) is 5.39. The van der Waals surface area contributed by atoms with Crippen molar-refractivity contribution in [3.63, 3.8) is 0 Å². The SMILES string of the molecule is COc1ccccc1N[C@@H](c1ccccn1)c1c(C)[nH]c2ccc(NC(C)=O)cc12. The van der Waals surface area contributed by atoms with Crippen LogP contribution in [0.25, 0.3) is 10.9 Å². The largest absolute Gasteiger partial charge is 0.495 e. The molecule has 1 atom stereocenters. The van der Waals surface area contributed by atoms with Gasteiger partial charge in [-0.05, 0) is 49.4 Å². The number of aromatic nitrogens is 2. The molecule has 0 bridgehead atoms. The third-order valence-electron chi connectivity index (χ3n) is 5.04. The maximum atomic E-state index is 11.6. The van der Waals surface area contributed by atoms with Crippen LogP contribution < -0.4 is 15.4 Å². The number of para-hydroxylation sites is 2. The van der Waals surface area contributed by atoms with Crippen LogP contribution in [0.1, 0.15) is 29.9 Å². The van der Waals surface area contributed by atoms with Crippen molar-refractivity contribution < 1.29 is 9.53 Å². The molecule has 2 heterocycles. The van der Waals surface area contributed by atoms with Crippen LogP contribution in [-0.4, -0.2) is 23.0 Å². The molecule has 0 aliphatic carbocycles. The van der Waals surface area contributed by atoms with Crippen molar-refractivity contribution in [1.82, 2.24) is 9.97 Å². The molecule has 2 aromatic carbocycles. The fourth-order valence-electron chi connectivity index (χ4n) is 3.76. The van der Waals surface area contributed by atoms with E-state index in [1.54, 1.807) is 13.3 Å². The van der Waals surface area contributed by atoms with Crippen LogP contribution >= 0.6 is 0 Å². The Morgan fingerprint density at radius 1 is 1.10 bits per heavy atom. The highest BCUT2D eigenvalue weighted by Gasteiger charge is 2.23. The molecule has 0 aliphatic heterocycles. The maximum absolute atomic E-state index is 11.6. The van der Waals surface area contributed by atoms with E-state index in [4.69, 9.17) is 4.74 Å². The summed E-state index contributed by atoms with van der Waals surface area (Å²) in [7, 11) is 1.66. The first-order valence-electron chi connectivity index (χ1n) is 9.77. The minimum absolute atomic E-state index is 0.100. The Labute approximate surface area is 175 Å². The second kappa shape index (κ2) is 8.29. The number of rotatable bonds is 6. The Morgan fingerprint density at radius 3 is 2.63 bits per heavy atom. The van der Waals surface area contributed by atoms with E-state index in [9.17, 15) is 4.79 Å². The summed E-state index contributed by atoms with van der Waals surface area (Å²) in [6, 6.07) is 19.4. The van der Waals surface area contributed by atoms with Gasteiger partial charge in [-0.2, -0.15) is 0 Å². The van der Waals surface area contributed by atoms with E-state index in [1.807, 2.05) is 67.6 Å². The summed E-state index contributed by atoms with van der Waals surface area (Å²) in [5.41, 5.74) is 5.62. The summed E-state index contributed by atoms with van der Waals surface area (Å²) in [5, 5.41) is 7.51. The molecule has 30 heavy (non-hydrogen) atoms. The van der Waals surface area contributed by atoms with Crippen molar-refractivity contribution in [3.8, 4) is 5.75 Å². The number of nitrogens with zero attached hydrogens (tertiary/aromatic N) is 1. The second-order valence-corrected chi connectivity index (χ2v) is 7.14. The zero-order valence-corrected chi connectivity index (χ0v) is 17.2. The minimum atomic E-state index is -0.219. The number of benzene rings is 2. The molecule has 2 aromatic heterocycles. The van der Waals surface area contributed by atoms with Crippen molar-refractivity contribution in [2.45, 2.75) is 19.9 Å². The van der Waals surface area contributed by atoms with Crippen molar-refractivity contribution in [1.29, 1.82) is 0 Å². The molecule has 3 N–H and O–H groups in total. The summed E-state index contributed by atoms with van der Waals surface area (Å²) in [6.07, 6.45) is 1.79. The number of carbonyl (C=O) groups excluding carboxylic acids is 1. The second-order valence-electron chi connectivity index (χ2n) is 7.14. The van der Waals surface area contributed by atoms with Crippen molar-refractivity contribution in [2.75, 3.05) is 17.7 Å². The number of aryl methyl sites for hydroxylation is 1. The molecule has 4 rings (SSSR count). The van der Waals surface area contributed by atoms with Crippen LogP contribution in [0.3, 0.4) is 0 Å². The first kappa shape index (κ1) is 19.5. The number of hydrogen-bond acceptors (Lipinski definition) is 4. The molecule has 6 nitrogen and oxygen atoms in total. The summed E-state index contributed by atoms with van der Waals surface area (Å²) >= 11 is 0. The molecule has 0 saturated carbocycles. The lowest BCUT2D eigenvalue weighted by atomic mass is 9.98. The van der Waals surface area contributed by atoms with Gasteiger partial charge in [0, 0.05) is 41.0 Å². The average Bonchev–Trinajstić information content (AvgIpc) is 3.07. The molecule has 0 saturated heterocycles. The van der Waals surface area contributed by atoms with Crippen LogP contribution in [0.4, 0.5) is 11.4 Å². The average molecular weight is 400 g/mol. The molecule has 0 fully saturated rings. The third kappa shape index (κ3) is 3.85. The molecular weight excluding hydrogens is 376 g/mol. The highest BCUT2D eigenvalue weighted by atomic mass is 16.5. The van der Waals surface area contributed by atoms with Gasteiger partial charge >= 0.3 is 0 Å². The number of methoxy groups -OCH3 is 1. The number of pyridine rings is 1. The van der Waals surface area contributed by atoms with E-state index in [1.165, 1.54) is 6.92 Å². The molecule has 152 valence electrons. The maximum Gasteiger partial charge on any atom is 0.221 e. The lowest BCUT2D eigenvalue weighted by molar-refractivity contribution is -0.114. The van der Waals surface area contributed by atoms with Gasteiger partial charge in [0.15, 0.2) is 0 Å². The van der Waals surface area contributed by atoms with Crippen LogP contribution in [0.5, 0.6) is 5.75 Å². The van der Waals surface area contributed by atoms with Gasteiger partial charge in [0.2, 0.25) is 5.91 Å². The van der Waals surface area contributed by atoms with E-state index in [-0.39, 0.29) is 11.9 Å². The zero-order valence-electron chi connectivity index (χ0n) is 17.2. The normalized spacial score (nSPS) is 11.8. The van der Waals surface area contributed by atoms with Gasteiger partial charge in [0.1, 0.15) is 5.75 Å². The fraction of sp³-hybridized carbons (Fsp3) is 0.167. The molecule has 0 aliphatic rings. The monoisotopic (exact) mass is 400 g/mol. The van der Waals surface area contributed by atoms with E-state index in [2.05, 4.69) is 20.6 Å². The Hall–Kier alpha value is -3.80. The summed E-state index contributed by atoms with van der Waals surface area (Å²) in [6.45, 7) is 3.56. The molecular formula is C24H24N4O2. The molecule has 0 unspecified atom stereocenters. The van der Waals surface area contributed by atoms with Gasteiger partial charge in [-0.3, -0.25) is 9.78 Å². The van der Waals surface area contributed by atoms with Gasteiger partial charge in [0.05, 0.1) is 24.5 Å². The molecule has 1 amide bonds. The number of anilines is 2. The van der Waals surface area contributed by atoms with Gasteiger partial charge < -0.3 is 20.4 Å². The number of ether oxygens (including phenoxy) is 1. The number of H-pyrrole nitrogens is 1. The number of amides is 1. The predicted molar refractivity (Wildman–Crippen MR) is 120 cm³/mol. The first-order chi connectivity index (χ1) is 14.6. The van der Waals surface area contributed by atoms with Gasteiger partial charge in [-0.1, -0.05) is 18.2 Å². The summed E-state index contributed by atoms with van der Waals surface area (Å²) < 4.78 is 5.54. The number of carbonyl (C=O) groups is 1. The van der Waals surface area contributed by atoms with E-state index in [0.717, 1.165) is 45.0 Å². The van der Waals surface area contributed by atoms with Crippen LogP contribution in [0.15, 0.2) is 66.9 Å². The standard InChI is InChI=1S/C24H24N4O2/c1-15-23(18-14-17(27-16(2)29)11-12-19(18)26-15)24(21-9-6-7-13-25-21)28-20-8-4-5-10-22(20)30-3/h4-14,24,26,28H,1-3H3,(H,27,29)/t24-/m0/s1. The molecule has 0 spiro atoms. The molecule has 6 heteroatoms. The molecule has 0 radical (unpaired) electrons. The minimum Gasteiger partial charge on any atom is -0.495 e. The van der Waals surface area contributed by atoms with Crippen molar-refractivity contribution in [3.05, 3.63) is 83.8 Å². The van der Waals surface area contributed by atoms with Crippen LogP contribution in [0.2, 0.25) is 0 Å². The predicted octanol–water partition coefficient (Wildman–Crippen LogP) is 5.04. The van der Waals surface area contributed by atoms with Crippen molar-refractivity contribution in [2.24, 2.45) is 0 Å². The topological polar surface area (TPSA) is 79.0 Å². The van der Waals surface area contributed by atoms with Gasteiger partial charge in [0.25, 0.3) is 0 Å². The summed E-state index contributed by atoms with van der Waals surface area (Å²) in [5.74, 6) is 0.659. The van der Waals surface area contributed by atoms with E-state index >= 15 is 0 Å². The first-order valence-corrected chi connectivity index (χ1v) is 9.77. The Balaban J connectivity index is 1.87. The molecule has 4 aromatic rings. The zero-order chi connectivity index (χ0) is 21.1. The van der Waals surface area contributed by atoms with E-state index < -0.39 is 0 Å². The van der Waals surface area contributed by atoms with Gasteiger partial charge in [-0.25, -0.2) is 0 Å². The van der Waals surface area contributed by atoms with Crippen LogP contribution in [-0.2, 0) is 4.79 Å².